The van der Waals surface area contributed by atoms with Gasteiger partial charge in [0.2, 0.25) is 0 Å². The summed E-state index contributed by atoms with van der Waals surface area (Å²) in [5, 5.41) is 0. The van der Waals surface area contributed by atoms with E-state index in [0.717, 1.165) is 5.69 Å². The molecule has 0 saturated heterocycles. The van der Waals surface area contributed by atoms with Gasteiger partial charge in [0.25, 0.3) is 5.91 Å². The van der Waals surface area contributed by atoms with Crippen molar-refractivity contribution < 1.29 is 19.1 Å². The molecule has 3 rings (SSSR count). The number of anilines is 1. The molecule has 0 aliphatic carbocycles. The van der Waals surface area contributed by atoms with Crippen molar-refractivity contribution in [2.24, 2.45) is 0 Å². The summed E-state index contributed by atoms with van der Waals surface area (Å²) in [6.45, 7) is 3.43. The molecule has 0 fully saturated rings. The van der Waals surface area contributed by atoms with Gasteiger partial charge < -0.3 is 9.64 Å². The maximum absolute atomic E-state index is 12.6. The van der Waals surface area contributed by atoms with Gasteiger partial charge in [0.15, 0.2) is 12.4 Å². The molecule has 152 valence electrons. The molecule has 0 saturated carbocycles. The van der Waals surface area contributed by atoms with E-state index in [-0.39, 0.29) is 29.9 Å². The molecule has 0 atom stereocenters. The average molecular weight is 401 g/mol. The highest BCUT2D eigenvalue weighted by Crippen LogP contribution is 2.17. The first-order valence-electron chi connectivity index (χ1n) is 9.71. The minimum Gasteiger partial charge on any atom is -0.452 e. The zero-order chi connectivity index (χ0) is 21.5. The van der Waals surface area contributed by atoms with Crippen molar-refractivity contribution in [3.8, 4) is 0 Å². The molecule has 0 aromatic heterocycles. The van der Waals surface area contributed by atoms with Crippen LogP contribution in [0.3, 0.4) is 0 Å². The van der Waals surface area contributed by atoms with Gasteiger partial charge in [-0.1, -0.05) is 60.7 Å². The van der Waals surface area contributed by atoms with Crippen LogP contribution < -0.4 is 4.90 Å². The van der Waals surface area contributed by atoms with E-state index < -0.39 is 5.97 Å². The monoisotopic (exact) mass is 401 g/mol. The fourth-order valence-corrected chi connectivity index (χ4v) is 3.11. The number of hydrogen-bond acceptors (Lipinski definition) is 4. The van der Waals surface area contributed by atoms with E-state index in [1.807, 2.05) is 50.2 Å². The number of nitrogens with zero attached hydrogens (tertiary/aromatic N) is 1. The first-order chi connectivity index (χ1) is 14.5. The van der Waals surface area contributed by atoms with Gasteiger partial charge in [-0.25, -0.2) is 4.79 Å². The topological polar surface area (TPSA) is 63.7 Å². The molecule has 0 aliphatic heterocycles. The minimum atomic E-state index is -0.612. The van der Waals surface area contributed by atoms with Crippen molar-refractivity contribution in [2.75, 3.05) is 11.5 Å². The maximum atomic E-state index is 12.6. The van der Waals surface area contributed by atoms with E-state index in [1.165, 1.54) is 12.1 Å². The first-order valence-corrected chi connectivity index (χ1v) is 9.71. The Labute approximate surface area is 175 Å². The van der Waals surface area contributed by atoms with Crippen molar-refractivity contribution in [3.05, 3.63) is 102 Å². The molecule has 3 aromatic rings. The molecule has 0 unspecified atom stereocenters. The van der Waals surface area contributed by atoms with E-state index in [9.17, 15) is 14.4 Å². The lowest BCUT2D eigenvalue weighted by atomic mass is 10.0. The Morgan fingerprint density at radius 3 is 1.80 bits per heavy atom. The van der Waals surface area contributed by atoms with Gasteiger partial charge >= 0.3 is 5.97 Å². The molecule has 0 bridgehead atoms. The summed E-state index contributed by atoms with van der Waals surface area (Å²) >= 11 is 0. The average Bonchev–Trinajstić information content (AvgIpc) is 2.78. The van der Waals surface area contributed by atoms with Crippen LogP contribution in [0.25, 0.3) is 0 Å². The molecule has 30 heavy (non-hydrogen) atoms. The van der Waals surface area contributed by atoms with Crippen LogP contribution in [0, 0.1) is 0 Å². The number of hydrogen-bond donors (Lipinski definition) is 0. The summed E-state index contributed by atoms with van der Waals surface area (Å²) in [4.78, 5) is 39.0. The molecular weight excluding hydrogens is 378 g/mol. The molecule has 0 aliphatic rings. The molecule has 0 spiro atoms. The van der Waals surface area contributed by atoms with Crippen molar-refractivity contribution in [1.29, 1.82) is 0 Å². The highest BCUT2D eigenvalue weighted by Gasteiger charge is 2.21. The van der Waals surface area contributed by atoms with Crippen LogP contribution in [0.5, 0.6) is 0 Å². The van der Waals surface area contributed by atoms with Gasteiger partial charge in [-0.15, -0.1) is 0 Å². The van der Waals surface area contributed by atoms with Crippen molar-refractivity contribution >= 4 is 23.3 Å². The second kappa shape index (κ2) is 9.65. The Bertz CT molecular complexity index is 1010. The number of esters is 1. The Balaban J connectivity index is 1.63. The normalized spacial score (nSPS) is 10.5. The highest BCUT2D eigenvalue weighted by atomic mass is 16.5. The van der Waals surface area contributed by atoms with E-state index in [0.29, 0.717) is 11.1 Å². The zero-order valence-corrected chi connectivity index (χ0v) is 16.9. The van der Waals surface area contributed by atoms with Crippen molar-refractivity contribution in [3.63, 3.8) is 0 Å². The van der Waals surface area contributed by atoms with Crippen LogP contribution in [0.2, 0.25) is 0 Å². The minimum absolute atomic E-state index is 0.0816. The Kier molecular flexibility index (Phi) is 6.75. The maximum Gasteiger partial charge on any atom is 0.338 e. The SMILES string of the molecule is CC(C)N(C(=O)COC(=O)c1ccc(C(=O)c2ccccc2)cc1)c1ccccc1. The number of amides is 1. The largest absolute Gasteiger partial charge is 0.452 e. The number of rotatable bonds is 7. The smallest absolute Gasteiger partial charge is 0.338 e. The first kappa shape index (κ1) is 21.0. The van der Waals surface area contributed by atoms with Gasteiger partial charge in [-0.05, 0) is 38.1 Å². The molecule has 3 aromatic carbocycles. The second-order valence-corrected chi connectivity index (χ2v) is 7.04. The van der Waals surface area contributed by atoms with E-state index in [1.54, 1.807) is 41.3 Å². The Morgan fingerprint density at radius 1 is 0.733 bits per heavy atom. The Hall–Kier alpha value is -3.73. The lowest BCUT2D eigenvalue weighted by Gasteiger charge is -2.26. The number of carbonyl (C=O) groups excluding carboxylic acids is 3. The third kappa shape index (κ3) is 5.00. The van der Waals surface area contributed by atoms with Crippen LogP contribution in [-0.2, 0) is 9.53 Å². The predicted molar refractivity (Wildman–Crippen MR) is 116 cm³/mol. The molecule has 0 radical (unpaired) electrons. The highest BCUT2D eigenvalue weighted by molar-refractivity contribution is 6.09. The number of benzene rings is 3. The number of carbonyl (C=O) groups is 3. The van der Waals surface area contributed by atoms with Gasteiger partial charge in [0.05, 0.1) is 5.56 Å². The summed E-state index contributed by atoms with van der Waals surface area (Å²) in [5.74, 6) is -1.04. The quantitative estimate of drug-likeness (QED) is 0.431. The third-order valence-electron chi connectivity index (χ3n) is 4.56. The molecular formula is C25H23NO4. The van der Waals surface area contributed by atoms with Gasteiger partial charge in [-0.3, -0.25) is 9.59 Å². The van der Waals surface area contributed by atoms with Crippen LogP contribution in [0.15, 0.2) is 84.9 Å². The fraction of sp³-hybridized carbons (Fsp3) is 0.160. The summed E-state index contributed by atoms with van der Waals surface area (Å²) in [6, 6.07) is 24.3. The summed E-state index contributed by atoms with van der Waals surface area (Å²) < 4.78 is 5.21. The van der Waals surface area contributed by atoms with Crippen LogP contribution >= 0.6 is 0 Å². The molecule has 5 heteroatoms. The van der Waals surface area contributed by atoms with Crippen LogP contribution in [0.1, 0.15) is 40.1 Å². The Morgan fingerprint density at radius 2 is 1.23 bits per heavy atom. The zero-order valence-electron chi connectivity index (χ0n) is 16.9. The van der Waals surface area contributed by atoms with E-state index >= 15 is 0 Å². The molecule has 5 nitrogen and oxygen atoms in total. The second-order valence-electron chi connectivity index (χ2n) is 7.04. The number of ether oxygens (including phenoxy) is 1. The lowest BCUT2D eigenvalue weighted by molar-refractivity contribution is -0.122. The summed E-state index contributed by atoms with van der Waals surface area (Å²) in [5.41, 5.74) is 2.08. The van der Waals surface area contributed by atoms with E-state index in [2.05, 4.69) is 0 Å². The number of ketones is 1. The summed E-state index contributed by atoms with van der Waals surface area (Å²) in [6.07, 6.45) is 0. The molecule has 0 N–H and O–H groups in total. The standard InChI is InChI=1S/C25H23NO4/c1-18(2)26(22-11-7-4-8-12-22)23(27)17-30-25(29)21-15-13-20(14-16-21)24(28)19-9-5-3-6-10-19/h3-16,18H,17H2,1-2H3. The lowest BCUT2D eigenvalue weighted by Crippen LogP contribution is -2.39. The van der Waals surface area contributed by atoms with Gasteiger partial charge in [-0.2, -0.15) is 0 Å². The molecule has 1 amide bonds. The predicted octanol–water partition coefficient (Wildman–Crippen LogP) is 4.52. The van der Waals surface area contributed by atoms with Gasteiger partial charge in [0, 0.05) is 22.9 Å². The van der Waals surface area contributed by atoms with Crippen LogP contribution in [0.4, 0.5) is 5.69 Å². The fourth-order valence-electron chi connectivity index (χ4n) is 3.11. The van der Waals surface area contributed by atoms with E-state index in [4.69, 9.17) is 4.74 Å². The van der Waals surface area contributed by atoms with Gasteiger partial charge in [0.1, 0.15) is 0 Å². The third-order valence-corrected chi connectivity index (χ3v) is 4.56. The van der Waals surface area contributed by atoms with Crippen LogP contribution in [-0.4, -0.2) is 30.3 Å². The summed E-state index contributed by atoms with van der Waals surface area (Å²) in [7, 11) is 0. The number of para-hydroxylation sites is 1. The van der Waals surface area contributed by atoms with Crippen molar-refractivity contribution in [1.82, 2.24) is 0 Å². The van der Waals surface area contributed by atoms with Crippen molar-refractivity contribution in [2.45, 2.75) is 19.9 Å². The molecule has 0 heterocycles.